The van der Waals surface area contributed by atoms with Crippen molar-refractivity contribution in [1.82, 2.24) is 10.3 Å². The molecular formula is C19H22N4O4. The van der Waals surface area contributed by atoms with Gasteiger partial charge in [-0.05, 0) is 24.5 Å². The highest BCUT2D eigenvalue weighted by atomic mass is 16.6. The molecule has 1 saturated heterocycles. The number of nitro groups is 1. The van der Waals surface area contributed by atoms with Gasteiger partial charge in [0.25, 0.3) is 5.69 Å². The van der Waals surface area contributed by atoms with Crippen LogP contribution in [0.5, 0.6) is 5.88 Å². The van der Waals surface area contributed by atoms with Gasteiger partial charge >= 0.3 is 0 Å². The van der Waals surface area contributed by atoms with Gasteiger partial charge in [0.2, 0.25) is 11.8 Å². The number of hydrogen-bond donors (Lipinski definition) is 1. The number of hydrogen-bond acceptors (Lipinski definition) is 6. The van der Waals surface area contributed by atoms with Crippen LogP contribution in [-0.4, -0.2) is 36.0 Å². The van der Waals surface area contributed by atoms with Crippen molar-refractivity contribution >= 4 is 17.3 Å². The van der Waals surface area contributed by atoms with E-state index in [-0.39, 0.29) is 22.4 Å². The van der Waals surface area contributed by atoms with E-state index in [1.54, 1.807) is 37.6 Å². The number of pyridine rings is 1. The van der Waals surface area contributed by atoms with Gasteiger partial charge in [0.1, 0.15) is 5.69 Å². The topological polar surface area (TPSA) is 97.6 Å². The Labute approximate surface area is 157 Å². The van der Waals surface area contributed by atoms with Crippen molar-refractivity contribution in [3.8, 4) is 5.88 Å². The van der Waals surface area contributed by atoms with Crippen molar-refractivity contribution in [3.63, 3.8) is 0 Å². The molecule has 0 saturated carbocycles. The monoisotopic (exact) mass is 370 g/mol. The van der Waals surface area contributed by atoms with Gasteiger partial charge < -0.3 is 15.0 Å². The van der Waals surface area contributed by atoms with Gasteiger partial charge in [-0.1, -0.05) is 18.2 Å². The average molecular weight is 370 g/mol. The molecule has 3 rings (SSSR count). The molecule has 0 aliphatic carbocycles. The smallest absolute Gasteiger partial charge is 0.292 e. The fourth-order valence-electron chi connectivity index (χ4n) is 3.24. The number of para-hydroxylation sites is 2. The maximum absolute atomic E-state index is 12.4. The third kappa shape index (κ3) is 4.52. The molecule has 0 radical (unpaired) electrons. The number of benzene rings is 1. The van der Waals surface area contributed by atoms with Crippen LogP contribution in [0.4, 0.5) is 11.4 Å². The van der Waals surface area contributed by atoms with Crippen LogP contribution in [0.1, 0.15) is 18.4 Å². The van der Waals surface area contributed by atoms with E-state index in [1.165, 1.54) is 6.07 Å². The molecule has 2 aromatic rings. The predicted octanol–water partition coefficient (Wildman–Crippen LogP) is 2.53. The lowest BCUT2D eigenvalue weighted by Crippen LogP contribution is -2.40. The fourth-order valence-corrected chi connectivity index (χ4v) is 3.24. The summed E-state index contributed by atoms with van der Waals surface area (Å²) in [4.78, 5) is 29.4. The summed E-state index contributed by atoms with van der Waals surface area (Å²) in [5, 5.41) is 14.1. The van der Waals surface area contributed by atoms with Crippen molar-refractivity contribution in [2.24, 2.45) is 5.92 Å². The van der Waals surface area contributed by atoms with E-state index in [4.69, 9.17) is 4.74 Å². The summed E-state index contributed by atoms with van der Waals surface area (Å²) in [6, 6.07) is 10.3. The van der Waals surface area contributed by atoms with Crippen LogP contribution in [0.15, 0.2) is 42.6 Å². The van der Waals surface area contributed by atoms with Crippen molar-refractivity contribution in [3.05, 3.63) is 58.3 Å². The number of carbonyl (C=O) groups is 1. The standard InChI is InChI=1S/C19H22N4O4/c1-27-18-7-6-14(12-20-18)13-21-19(24)15-8-10-22(11-9-15)16-4-2-3-5-17(16)23(25)26/h2-7,12,15H,8-11,13H2,1H3,(H,21,24). The molecule has 1 fully saturated rings. The van der Waals surface area contributed by atoms with E-state index in [9.17, 15) is 14.9 Å². The van der Waals surface area contributed by atoms with E-state index in [1.807, 2.05) is 11.0 Å². The summed E-state index contributed by atoms with van der Waals surface area (Å²) >= 11 is 0. The fraction of sp³-hybridized carbons (Fsp3) is 0.368. The summed E-state index contributed by atoms with van der Waals surface area (Å²) in [7, 11) is 1.56. The molecule has 1 aromatic heterocycles. The minimum Gasteiger partial charge on any atom is -0.481 e. The number of nitro benzene ring substituents is 1. The normalized spacial score (nSPS) is 14.6. The van der Waals surface area contributed by atoms with Crippen LogP contribution in [-0.2, 0) is 11.3 Å². The van der Waals surface area contributed by atoms with Gasteiger partial charge in [-0.2, -0.15) is 0 Å². The first-order valence-corrected chi connectivity index (χ1v) is 8.83. The highest BCUT2D eigenvalue weighted by Gasteiger charge is 2.27. The van der Waals surface area contributed by atoms with E-state index >= 15 is 0 Å². The number of anilines is 1. The molecule has 2 heterocycles. The largest absolute Gasteiger partial charge is 0.481 e. The minimum atomic E-state index is -0.364. The van der Waals surface area contributed by atoms with E-state index < -0.39 is 0 Å². The third-order valence-corrected chi connectivity index (χ3v) is 4.76. The molecule has 0 atom stereocenters. The van der Waals surface area contributed by atoms with Gasteiger partial charge in [0.05, 0.1) is 12.0 Å². The quantitative estimate of drug-likeness (QED) is 0.620. The lowest BCUT2D eigenvalue weighted by Gasteiger charge is -2.32. The number of nitrogens with zero attached hydrogens (tertiary/aromatic N) is 3. The van der Waals surface area contributed by atoms with Crippen LogP contribution >= 0.6 is 0 Å². The highest BCUT2D eigenvalue weighted by molar-refractivity contribution is 5.79. The first-order valence-electron chi connectivity index (χ1n) is 8.83. The Morgan fingerprint density at radius 1 is 1.30 bits per heavy atom. The molecule has 8 heteroatoms. The Balaban J connectivity index is 1.52. The molecule has 27 heavy (non-hydrogen) atoms. The van der Waals surface area contributed by atoms with Crippen LogP contribution in [0.3, 0.4) is 0 Å². The van der Waals surface area contributed by atoms with Gasteiger partial charge in [0, 0.05) is 43.9 Å². The number of methoxy groups -OCH3 is 1. The molecule has 1 aliphatic heterocycles. The molecule has 0 unspecified atom stereocenters. The Kier molecular flexibility index (Phi) is 5.85. The van der Waals surface area contributed by atoms with Crippen LogP contribution in [0.25, 0.3) is 0 Å². The Morgan fingerprint density at radius 3 is 2.67 bits per heavy atom. The Hall–Kier alpha value is -3.16. The summed E-state index contributed by atoms with van der Waals surface area (Å²) < 4.78 is 5.01. The Bertz CT molecular complexity index is 802. The van der Waals surface area contributed by atoms with Crippen molar-refractivity contribution in [1.29, 1.82) is 0 Å². The second-order valence-corrected chi connectivity index (χ2v) is 6.43. The molecule has 0 spiro atoms. The summed E-state index contributed by atoms with van der Waals surface area (Å²) in [5.41, 5.74) is 1.62. The predicted molar refractivity (Wildman–Crippen MR) is 101 cm³/mol. The number of ether oxygens (including phenoxy) is 1. The zero-order valence-electron chi connectivity index (χ0n) is 15.1. The molecule has 1 aromatic carbocycles. The summed E-state index contributed by atoms with van der Waals surface area (Å²) in [5.74, 6) is 0.454. The van der Waals surface area contributed by atoms with E-state index in [0.29, 0.717) is 44.0 Å². The lowest BCUT2D eigenvalue weighted by molar-refractivity contribution is -0.384. The molecule has 8 nitrogen and oxygen atoms in total. The zero-order chi connectivity index (χ0) is 19.2. The number of aromatic nitrogens is 1. The number of amides is 1. The van der Waals surface area contributed by atoms with Gasteiger partial charge in [0.15, 0.2) is 0 Å². The van der Waals surface area contributed by atoms with Crippen molar-refractivity contribution in [2.75, 3.05) is 25.1 Å². The highest BCUT2D eigenvalue weighted by Crippen LogP contribution is 2.31. The van der Waals surface area contributed by atoms with E-state index in [0.717, 1.165) is 5.56 Å². The van der Waals surface area contributed by atoms with E-state index in [2.05, 4.69) is 10.3 Å². The number of nitrogens with one attached hydrogen (secondary N) is 1. The molecule has 0 bridgehead atoms. The number of rotatable bonds is 6. The molecular weight excluding hydrogens is 348 g/mol. The summed E-state index contributed by atoms with van der Waals surface area (Å²) in [6.07, 6.45) is 3.01. The Morgan fingerprint density at radius 2 is 2.04 bits per heavy atom. The lowest BCUT2D eigenvalue weighted by atomic mass is 9.95. The molecule has 1 N–H and O–H groups in total. The van der Waals surface area contributed by atoms with Crippen molar-refractivity contribution in [2.45, 2.75) is 19.4 Å². The minimum absolute atomic E-state index is 0.00743. The first kappa shape index (κ1) is 18.6. The number of piperidine rings is 1. The van der Waals surface area contributed by atoms with Gasteiger partial charge in [-0.3, -0.25) is 14.9 Å². The average Bonchev–Trinajstić information content (AvgIpc) is 2.72. The van der Waals surface area contributed by atoms with Crippen LogP contribution < -0.4 is 15.0 Å². The SMILES string of the molecule is COc1ccc(CNC(=O)C2CCN(c3ccccc3[N+](=O)[O-])CC2)cn1. The second kappa shape index (κ2) is 8.48. The van der Waals surface area contributed by atoms with Crippen molar-refractivity contribution < 1.29 is 14.5 Å². The third-order valence-electron chi connectivity index (χ3n) is 4.76. The maximum Gasteiger partial charge on any atom is 0.292 e. The summed E-state index contributed by atoms with van der Waals surface area (Å²) in [6.45, 7) is 1.65. The van der Waals surface area contributed by atoms with Gasteiger partial charge in [-0.25, -0.2) is 4.98 Å². The molecule has 142 valence electrons. The van der Waals surface area contributed by atoms with Crippen LogP contribution in [0.2, 0.25) is 0 Å². The number of carbonyl (C=O) groups excluding carboxylic acids is 1. The molecule has 1 aliphatic rings. The molecule has 1 amide bonds. The maximum atomic E-state index is 12.4. The van der Waals surface area contributed by atoms with Crippen LogP contribution in [0, 0.1) is 16.0 Å². The first-order chi connectivity index (χ1) is 13.1. The zero-order valence-corrected chi connectivity index (χ0v) is 15.1. The van der Waals surface area contributed by atoms with Gasteiger partial charge in [-0.15, -0.1) is 0 Å². The second-order valence-electron chi connectivity index (χ2n) is 6.43.